The zero-order chi connectivity index (χ0) is 11.7. The second-order valence-electron chi connectivity index (χ2n) is 3.67. The predicted octanol–water partition coefficient (Wildman–Crippen LogP) is 1.52. The van der Waals surface area contributed by atoms with Crippen molar-refractivity contribution in [2.75, 3.05) is 0 Å². The molecule has 0 saturated heterocycles. The monoisotopic (exact) mass is 219 g/mol. The van der Waals surface area contributed by atoms with Gasteiger partial charge < -0.3 is 15.4 Å². The molecule has 0 radical (unpaired) electrons. The molecule has 0 aliphatic rings. The maximum absolute atomic E-state index is 9.64. The third-order valence-corrected chi connectivity index (χ3v) is 2.39. The summed E-state index contributed by atoms with van der Waals surface area (Å²) in [5, 5.41) is 13.5. The molecule has 0 saturated carbocycles. The lowest BCUT2D eigenvalue weighted by Crippen LogP contribution is -1.95. The van der Waals surface area contributed by atoms with Crippen molar-refractivity contribution in [3.63, 3.8) is 0 Å². The second kappa shape index (κ2) is 3.94. The van der Waals surface area contributed by atoms with Crippen LogP contribution in [0.4, 0.5) is 0 Å². The Hall–Kier alpha value is -1.88. The zero-order valence-electron chi connectivity index (χ0n) is 9.19. The predicted molar refractivity (Wildman–Crippen MR) is 58.8 cm³/mol. The number of aromatic hydroxyl groups is 1. The van der Waals surface area contributed by atoms with Gasteiger partial charge in [0.25, 0.3) is 0 Å². The lowest BCUT2D eigenvalue weighted by Gasteiger charge is -2.04. The fraction of sp³-hybridized carbons (Fsp3) is 0.273. The first kappa shape index (κ1) is 10.6. The number of nitrogens with two attached hydrogens (primary N) is 1. The summed E-state index contributed by atoms with van der Waals surface area (Å²) in [4.78, 5) is 4.13. The van der Waals surface area contributed by atoms with Gasteiger partial charge in [-0.15, -0.1) is 0 Å². The maximum atomic E-state index is 9.64. The molecule has 0 aliphatic heterocycles. The Morgan fingerprint density at radius 3 is 2.44 bits per heavy atom. The molecule has 0 fully saturated rings. The molecule has 1 aromatic carbocycles. The van der Waals surface area contributed by atoms with E-state index in [1.54, 1.807) is 0 Å². The van der Waals surface area contributed by atoms with E-state index in [1.165, 1.54) is 0 Å². The van der Waals surface area contributed by atoms with Crippen molar-refractivity contribution < 1.29 is 9.63 Å². The van der Waals surface area contributed by atoms with Crippen LogP contribution in [0.5, 0.6) is 5.75 Å². The van der Waals surface area contributed by atoms with Gasteiger partial charge in [0.05, 0.1) is 6.54 Å². The van der Waals surface area contributed by atoms with E-state index in [9.17, 15) is 5.11 Å². The Bertz CT molecular complexity index is 497. The van der Waals surface area contributed by atoms with E-state index in [4.69, 9.17) is 10.3 Å². The lowest BCUT2D eigenvalue weighted by atomic mass is 10.1. The van der Waals surface area contributed by atoms with Gasteiger partial charge in [0.1, 0.15) is 5.75 Å². The van der Waals surface area contributed by atoms with Crippen molar-refractivity contribution in [2.45, 2.75) is 20.4 Å². The van der Waals surface area contributed by atoms with Crippen LogP contribution in [0, 0.1) is 13.8 Å². The quantitative estimate of drug-likeness (QED) is 0.799. The van der Waals surface area contributed by atoms with E-state index in [1.807, 2.05) is 26.0 Å². The third-order valence-electron chi connectivity index (χ3n) is 2.39. The number of benzene rings is 1. The van der Waals surface area contributed by atoms with Crippen molar-refractivity contribution in [2.24, 2.45) is 5.73 Å². The Morgan fingerprint density at radius 1 is 1.31 bits per heavy atom. The molecule has 3 N–H and O–H groups in total. The maximum Gasteiger partial charge on any atom is 0.240 e. The van der Waals surface area contributed by atoms with Crippen LogP contribution in [-0.2, 0) is 6.54 Å². The first-order chi connectivity index (χ1) is 7.61. The molecule has 0 amide bonds. The molecule has 16 heavy (non-hydrogen) atoms. The average Bonchev–Trinajstić information content (AvgIpc) is 2.73. The first-order valence-electron chi connectivity index (χ1n) is 4.95. The molecule has 0 aliphatic carbocycles. The molecule has 0 spiro atoms. The Kier molecular flexibility index (Phi) is 2.62. The molecule has 1 aromatic heterocycles. The first-order valence-corrected chi connectivity index (χ1v) is 4.95. The fourth-order valence-electron chi connectivity index (χ4n) is 1.54. The number of rotatable bonds is 2. The number of aryl methyl sites for hydroxylation is 2. The molecule has 84 valence electrons. The van der Waals surface area contributed by atoms with E-state index in [2.05, 4.69) is 10.1 Å². The van der Waals surface area contributed by atoms with Gasteiger partial charge in [-0.1, -0.05) is 5.16 Å². The Morgan fingerprint density at radius 2 is 1.94 bits per heavy atom. The van der Waals surface area contributed by atoms with Crippen LogP contribution < -0.4 is 5.73 Å². The van der Waals surface area contributed by atoms with Crippen molar-refractivity contribution in [1.29, 1.82) is 0 Å². The van der Waals surface area contributed by atoms with E-state index in [0.717, 1.165) is 16.7 Å². The van der Waals surface area contributed by atoms with Crippen LogP contribution in [0.1, 0.15) is 17.0 Å². The van der Waals surface area contributed by atoms with Crippen molar-refractivity contribution in [1.82, 2.24) is 10.1 Å². The standard InChI is InChI=1S/C11H13N3O2/c1-6-3-8(4-7(2)10(6)15)11-13-9(5-12)16-14-11/h3-4,15H,5,12H2,1-2H3. The smallest absolute Gasteiger partial charge is 0.240 e. The Labute approximate surface area is 92.9 Å². The van der Waals surface area contributed by atoms with E-state index in [0.29, 0.717) is 17.5 Å². The fourth-order valence-corrected chi connectivity index (χ4v) is 1.54. The minimum absolute atomic E-state index is 0.225. The summed E-state index contributed by atoms with van der Waals surface area (Å²) in [5.74, 6) is 1.19. The number of aromatic nitrogens is 2. The highest BCUT2D eigenvalue weighted by Crippen LogP contribution is 2.27. The number of hydrogen-bond donors (Lipinski definition) is 2. The van der Waals surface area contributed by atoms with Crippen LogP contribution in [0.2, 0.25) is 0 Å². The van der Waals surface area contributed by atoms with Crippen LogP contribution in [0.3, 0.4) is 0 Å². The molecule has 1 heterocycles. The molecule has 0 unspecified atom stereocenters. The minimum Gasteiger partial charge on any atom is -0.507 e. The second-order valence-corrected chi connectivity index (χ2v) is 3.67. The minimum atomic E-state index is 0.225. The summed E-state index contributed by atoms with van der Waals surface area (Å²) in [5.41, 5.74) is 7.78. The molecular weight excluding hydrogens is 206 g/mol. The number of phenols is 1. The van der Waals surface area contributed by atoms with Gasteiger partial charge in [-0.2, -0.15) is 4.98 Å². The van der Waals surface area contributed by atoms with Crippen LogP contribution >= 0.6 is 0 Å². The van der Waals surface area contributed by atoms with Crippen LogP contribution in [0.15, 0.2) is 16.7 Å². The van der Waals surface area contributed by atoms with Gasteiger partial charge in [-0.3, -0.25) is 0 Å². The summed E-state index contributed by atoms with van der Waals surface area (Å²) >= 11 is 0. The van der Waals surface area contributed by atoms with Gasteiger partial charge in [-0.25, -0.2) is 0 Å². The SMILES string of the molecule is Cc1cc(-c2noc(CN)n2)cc(C)c1O. The van der Waals surface area contributed by atoms with Gasteiger partial charge in [0.2, 0.25) is 11.7 Å². The average molecular weight is 219 g/mol. The van der Waals surface area contributed by atoms with Crippen molar-refractivity contribution in [3.8, 4) is 17.1 Å². The van der Waals surface area contributed by atoms with Gasteiger partial charge in [-0.05, 0) is 37.1 Å². The van der Waals surface area contributed by atoms with E-state index < -0.39 is 0 Å². The van der Waals surface area contributed by atoms with Gasteiger partial charge in [0.15, 0.2) is 0 Å². The molecular formula is C11H13N3O2. The van der Waals surface area contributed by atoms with E-state index >= 15 is 0 Å². The largest absolute Gasteiger partial charge is 0.507 e. The normalized spacial score (nSPS) is 10.7. The summed E-state index contributed by atoms with van der Waals surface area (Å²) in [6.07, 6.45) is 0. The number of nitrogens with zero attached hydrogens (tertiary/aromatic N) is 2. The highest BCUT2D eigenvalue weighted by Gasteiger charge is 2.10. The van der Waals surface area contributed by atoms with Gasteiger partial charge >= 0.3 is 0 Å². The molecule has 0 atom stereocenters. The zero-order valence-corrected chi connectivity index (χ0v) is 9.19. The highest BCUT2D eigenvalue weighted by molar-refractivity contribution is 5.60. The molecule has 2 rings (SSSR count). The number of phenolic OH excluding ortho intramolecular Hbond substituents is 1. The van der Waals surface area contributed by atoms with Gasteiger partial charge in [0, 0.05) is 5.56 Å². The Balaban J connectivity index is 2.48. The molecule has 2 aromatic rings. The molecule has 0 bridgehead atoms. The highest BCUT2D eigenvalue weighted by atomic mass is 16.5. The van der Waals surface area contributed by atoms with Crippen molar-refractivity contribution in [3.05, 3.63) is 29.2 Å². The molecule has 5 nitrogen and oxygen atoms in total. The van der Waals surface area contributed by atoms with E-state index in [-0.39, 0.29) is 6.54 Å². The summed E-state index contributed by atoms with van der Waals surface area (Å²) in [6.45, 7) is 3.88. The number of hydrogen-bond acceptors (Lipinski definition) is 5. The molecule has 5 heteroatoms. The summed E-state index contributed by atoms with van der Waals surface area (Å²) < 4.78 is 4.93. The topological polar surface area (TPSA) is 85.2 Å². The third kappa shape index (κ3) is 1.77. The van der Waals surface area contributed by atoms with Crippen LogP contribution in [0.25, 0.3) is 11.4 Å². The van der Waals surface area contributed by atoms with Crippen LogP contribution in [-0.4, -0.2) is 15.2 Å². The summed E-state index contributed by atoms with van der Waals surface area (Å²) in [6, 6.07) is 3.63. The van der Waals surface area contributed by atoms with Crippen molar-refractivity contribution >= 4 is 0 Å². The lowest BCUT2D eigenvalue weighted by molar-refractivity contribution is 0.380. The summed E-state index contributed by atoms with van der Waals surface area (Å²) in [7, 11) is 0.